The molecule has 0 spiro atoms. The van der Waals surface area contributed by atoms with E-state index in [1.165, 1.54) is 6.07 Å². The molecule has 1 aromatic rings. The zero-order valence-corrected chi connectivity index (χ0v) is 14.2. The van der Waals surface area contributed by atoms with Gasteiger partial charge in [0.05, 0.1) is 10.9 Å². The van der Waals surface area contributed by atoms with Gasteiger partial charge in [-0.3, -0.25) is 4.79 Å². The smallest absolute Gasteiger partial charge is 0.306 e. The average molecular weight is 397 g/mol. The molecule has 1 aliphatic carbocycles. The van der Waals surface area contributed by atoms with Crippen LogP contribution in [0, 0.1) is 5.92 Å². The Labute approximate surface area is 136 Å². The number of carbonyl (C=O) groups is 1. The second-order valence-corrected chi connectivity index (χ2v) is 7.97. The minimum atomic E-state index is -3.74. The van der Waals surface area contributed by atoms with Crippen molar-refractivity contribution in [3.05, 3.63) is 27.7 Å². The summed E-state index contributed by atoms with van der Waals surface area (Å²) < 4.78 is 27.9. The van der Waals surface area contributed by atoms with Crippen molar-refractivity contribution in [2.24, 2.45) is 5.92 Å². The quantitative estimate of drug-likeness (QED) is 0.819. The Morgan fingerprint density at radius 2 is 1.90 bits per heavy atom. The molecular weight excluding hydrogens is 382 g/mol. The average Bonchev–Trinajstić information content (AvgIpc) is 2.38. The van der Waals surface area contributed by atoms with E-state index >= 15 is 0 Å². The van der Waals surface area contributed by atoms with Crippen LogP contribution in [-0.2, 0) is 14.8 Å². The van der Waals surface area contributed by atoms with Crippen molar-refractivity contribution >= 4 is 43.5 Å². The molecule has 5 nitrogen and oxygen atoms in total. The number of rotatable bonds is 4. The highest BCUT2D eigenvalue weighted by Crippen LogP contribution is 2.31. The van der Waals surface area contributed by atoms with Crippen LogP contribution in [0.15, 0.2) is 27.6 Å². The molecule has 0 aliphatic heterocycles. The molecule has 1 aliphatic rings. The normalized spacial score (nSPS) is 23.0. The van der Waals surface area contributed by atoms with Crippen LogP contribution in [0.3, 0.4) is 0 Å². The monoisotopic (exact) mass is 395 g/mol. The second kappa shape index (κ2) is 6.64. The molecule has 0 aromatic heterocycles. The lowest BCUT2D eigenvalue weighted by atomic mass is 9.87. The summed E-state index contributed by atoms with van der Waals surface area (Å²) in [4.78, 5) is 10.9. The predicted molar refractivity (Wildman–Crippen MR) is 82.9 cm³/mol. The summed E-state index contributed by atoms with van der Waals surface area (Å²) in [6.07, 6.45) is 1.98. The van der Waals surface area contributed by atoms with Gasteiger partial charge in [0.25, 0.3) is 0 Å². The summed E-state index contributed by atoms with van der Waals surface area (Å²) in [7, 11) is -3.74. The summed E-state index contributed by atoms with van der Waals surface area (Å²) >= 11 is 9.16. The van der Waals surface area contributed by atoms with Crippen LogP contribution in [0.25, 0.3) is 0 Å². The molecular formula is C13H15BrClNO4S. The molecule has 1 saturated carbocycles. The van der Waals surface area contributed by atoms with Crippen molar-refractivity contribution in [3.8, 4) is 0 Å². The van der Waals surface area contributed by atoms with Crippen molar-refractivity contribution in [2.45, 2.75) is 36.6 Å². The van der Waals surface area contributed by atoms with Gasteiger partial charge in [0.2, 0.25) is 10.0 Å². The van der Waals surface area contributed by atoms with E-state index in [2.05, 4.69) is 20.7 Å². The summed E-state index contributed by atoms with van der Waals surface area (Å²) in [6, 6.07) is 4.53. The summed E-state index contributed by atoms with van der Waals surface area (Å²) in [5.74, 6) is -1.19. The van der Waals surface area contributed by atoms with Crippen LogP contribution in [-0.4, -0.2) is 25.5 Å². The van der Waals surface area contributed by atoms with E-state index in [0.717, 1.165) is 0 Å². The number of hydrogen-bond acceptors (Lipinski definition) is 3. The van der Waals surface area contributed by atoms with Gasteiger partial charge in [-0.25, -0.2) is 13.1 Å². The summed E-state index contributed by atoms with van der Waals surface area (Å²) in [5.41, 5.74) is 0. The van der Waals surface area contributed by atoms with Gasteiger partial charge in [0.1, 0.15) is 4.90 Å². The molecule has 0 amide bonds. The van der Waals surface area contributed by atoms with Crippen molar-refractivity contribution in [2.75, 3.05) is 0 Å². The van der Waals surface area contributed by atoms with Crippen LogP contribution in [0.1, 0.15) is 25.7 Å². The molecule has 0 bridgehead atoms. The van der Waals surface area contributed by atoms with Gasteiger partial charge >= 0.3 is 5.97 Å². The van der Waals surface area contributed by atoms with E-state index in [4.69, 9.17) is 16.7 Å². The maximum atomic E-state index is 12.4. The van der Waals surface area contributed by atoms with Crippen molar-refractivity contribution in [1.82, 2.24) is 4.72 Å². The zero-order valence-electron chi connectivity index (χ0n) is 11.1. The van der Waals surface area contributed by atoms with Gasteiger partial charge in [-0.2, -0.15) is 0 Å². The lowest BCUT2D eigenvalue weighted by Crippen LogP contribution is -2.38. The molecule has 1 fully saturated rings. The number of halogens is 2. The fourth-order valence-corrected chi connectivity index (χ4v) is 5.52. The number of aliphatic carboxylic acids is 1. The first-order valence-corrected chi connectivity index (χ1v) is 9.16. The third-order valence-electron chi connectivity index (χ3n) is 3.59. The molecule has 8 heteroatoms. The summed E-state index contributed by atoms with van der Waals surface area (Å²) in [6.45, 7) is 0. The fourth-order valence-electron chi connectivity index (χ4n) is 2.48. The van der Waals surface area contributed by atoms with Crippen LogP contribution in [0.4, 0.5) is 0 Å². The van der Waals surface area contributed by atoms with Gasteiger partial charge in [-0.1, -0.05) is 17.7 Å². The first-order chi connectivity index (χ1) is 9.81. The Balaban J connectivity index is 2.11. The Hall–Kier alpha value is -0.630. The van der Waals surface area contributed by atoms with Crippen LogP contribution < -0.4 is 4.72 Å². The Kier molecular flexibility index (Phi) is 5.29. The van der Waals surface area contributed by atoms with Gasteiger partial charge in [-0.15, -0.1) is 0 Å². The minimum absolute atomic E-state index is 0.0204. The van der Waals surface area contributed by atoms with E-state index in [-0.39, 0.29) is 21.9 Å². The highest BCUT2D eigenvalue weighted by atomic mass is 79.9. The zero-order chi connectivity index (χ0) is 15.6. The minimum Gasteiger partial charge on any atom is -0.481 e. The van der Waals surface area contributed by atoms with E-state index in [1.807, 2.05) is 0 Å². The number of nitrogens with one attached hydrogen (secondary N) is 1. The SMILES string of the molecule is O=C(O)C1CCC(NS(=O)(=O)c2c(Cl)cccc2Br)CC1. The fraction of sp³-hybridized carbons (Fsp3) is 0.462. The van der Waals surface area contributed by atoms with Crippen LogP contribution in [0.5, 0.6) is 0 Å². The standard InChI is InChI=1S/C13H15BrClNO4S/c14-10-2-1-3-11(15)12(10)21(19,20)16-9-6-4-8(5-7-9)13(17)18/h1-3,8-9,16H,4-7H2,(H,17,18). The highest BCUT2D eigenvalue weighted by molar-refractivity contribution is 9.10. The molecule has 116 valence electrons. The van der Waals surface area contributed by atoms with Crippen molar-refractivity contribution in [1.29, 1.82) is 0 Å². The highest BCUT2D eigenvalue weighted by Gasteiger charge is 2.30. The first-order valence-electron chi connectivity index (χ1n) is 6.50. The van der Waals surface area contributed by atoms with Gasteiger partial charge < -0.3 is 5.11 Å². The lowest BCUT2D eigenvalue weighted by Gasteiger charge is -2.26. The van der Waals surface area contributed by atoms with Crippen molar-refractivity contribution < 1.29 is 18.3 Å². The molecule has 21 heavy (non-hydrogen) atoms. The molecule has 0 heterocycles. The summed E-state index contributed by atoms with van der Waals surface area (Å²) in [5, 5.41) is 9.09. The van der Waals surface area contributed by atoms with Gasteiger partial charge in [-0.05, 0) is 53.7 Å². The third kappa shape index (κ3) is 3.97. The Morgan fingerprint density at radius 1 is 1.29 bits per heavy atom. The van der Waals surface area contributed by atoms with Crippen LogP contribution >= 0.6 is 27.5 Å². The van der Waals surface area contributed by atoms with Gasteiger partial charge in [0, 0.05) is 10.5 Å². The lowest BCUT2D eigenvalue weighted by molar-refractivity contribution is -0.142. The number of benzene rings is 1. The predicted octanol–water partition coefficient (Wildman–Crippen LogP) is 3.02. The van der Waals surface area contributed by atoms with E-state index in [9.17, 15) is 13.2 Å². The van der Waals surface area contributed by atoms with Crippen LogP contribution in [0.2, 0.25) is 5.02 Å². The van der Waals surface area contributed by atoms with Gasteiger partial charge in [0.15, 0.2) is 0 Å². The second-order valence-electron chi connectivity index (χ2n) is 5.06. The van der Waals surface area contributed by atoms with E-state index in [0.29, 0.717) is 30.2 Å². The Bertz CT molecular complexity index is 621. The number of carboxylic acids is 1. The number of carboxylic acid groups (broad SMARTS) is 1. The molecule has 0 radical (unpaired) electrons. The molecule has 0 atom stereocenters. The van der Waals surface area contributed by atoms with E-state index in [1.54, 1.807) is 12.1 Å². The molecule has 1 aromatic carbocycles. The molecule has 0 saturated heterocycles. The Morgan fingerprint density at radius 3 is 2.43 bits per heavy atom. The number of sulfonamides is 1. The largest absolute Gasteiger partial charge is 0.481 e. The maximum Gasteiger partial charge on any atom is 0.306 e. The molecule has 2 N–H and O–H groups in total. The topological polar surface area (TPSA) is 83.5 Å². The number of hydrogen-bond donors (Lipinski definition) is 2. The first kappa shape index (κ1) is 16.7. The maximum absolute atomic E-state index is 12.4. The van der Waals surface area contributed by atoms with E-state index < -0.39 is 16.0 Å². The molecule has 0 unspecified atom stereocenters. The third-order valence-corrected chi connectivity index (χ3v) is 6.56. The van der Waals surface area contributed by atoms with Crippen molar-refractivity contribution in [3.63, 3.8) is 0 Å². The molecule has 2 rings (SSSR count).